The third-order valence-corrected chi connectivity index (χ3v) is 6.09. The number of hydrogen-bond acceptors (Lipinski definition) is 7. The maximum Gasteiger partial charge on any atom is 0.356 e. The molecule has 1 atom stereocenters. The lowest BCUT2D eigenvalue weighted by Crippen LogP contribution is -2.41. The van der Waals surface area contributed by atoms with Crippen LogP contribution in [0, 0.1) is 18.3 Å². The van der Waals surface area contributed by atoms with E-state index in [1.807, 2.05) is 6.07 Å². The van der Waals surface area contributed by atoms with Gasteiger partial charge in [-0.2, -0.15) is 5.26 Å². The summed E-state index contributed by atoms with van der Waals surface area (Å²) in [6.07, 6.45) is 0.737. The first kappa shape index (κ1) is 24.3. The van der Waals surface area contributed by atoms with Crippen molar-refractivity contribution < 1.29 is 18.7 Å². The van der Waals surface area contributed by atoms with Gasteiger partial charge in [-0.15, -0.1) is 0 Å². The maximum atomic E-state index is 13.7. The van der Waals surface area contributed by atoms with Gasteiger partial charge in [-0.1, -0.05) is 11.6 Å². The summed E-state index contributed by atoms with van der Waals surface area (Å²) in [6.45, 7) is 3.43. The van der Waals surface area contributed by atoms with Gasteiger partial charge in [-0.25, -0.2) is 23.5 Å². The quantitative estimate of drug-likeness (QED) is 0.501. The number of aromatic carboxylic acids is 1. The van der Waals surface area contributed by atoms with E-state index >= 15 is 0 Å². The zero-order valence-corrected chi connectivity index (χ0v) is 19.6. The fourth-order valence-electron chi connectivity index (χ4n) is 4.11. The molecule has 12 heteroatoms. The van der Waals surface area contributed by atoms with Crippen LogP contribution in [0.1, 0.15) is 53.0 Å². The molecule has 0 amide bonds. The zero-order chi connectivity index (χ0) is 25.5. The minimum Gasteiger partial charge on any atom is -0.476 e. The second kappa shape index (κ2) is 9.11. The van der Waals surface area contributed by atoms with E-state index in [9.17, 15) is 28.7 Å². The number of carboxylic acids is 1. The van der Waals surface area contributed by atoms with Gasteiger partial charge in [0.05, 0.1) is 11.7 Å². The summed E-state index contributed by atoms with van der Waals surface area (Å²) in [5, 5.41) is 22.3. The summed E-state index contributed by atoms with van der Waals surface area (Å²) in [4.78, 5) is 34.8. The molecular formula is C23H21ClF2N6O3. The Labute approximate surface area is 203 Å². The largest absolute Gasteiger partial charge is 0.476 e. The summed E-state index contributed by atoms with van der Waals surface area (Å²) < 4.78 is 28.7. The first-order valence-corrected chi connectivity index (χ1v) is 11.1. The Balaban J connectivity index is 1.83. The topological polar surface area (TPSA) is 124 Å². The van der Waals surface area contributed by atoms with Crippen molar-refractivity contribution in [3.63, 3.8) is 0 Å². The number of aromatic nitrogens is 3. The molecule has 9 nitrogen and oxygen atoms in total. The monoisotopic (exact) mass is 502 g/mol. The summed E-state index contributed by atoms with van der Waals surface area (Å²) in [5.74, 6) is -4.01. The molecule has 0 bridgehead atoms. The van der Waals surface area contributed by atoms with Gasteiger partial charge in [0.25, 0.3) is 11.5 Å². The molecule has 2 N–H and O–H groups in total. The fourth-order valence-corrected chi connectivity index (χ4v) is 4.26. The van der Waals surface area contributed by atoms with Crippen molar-refractivity contribution in [2.24, 2.45) is 0 Å². The van der Waals surface area contributed by atoms with Crippen molar-refractivity contribution in [2.75, 3.05) is 23.3 Å². The Morgan fingerprint density at radius 3 is 2.63 bits per heavy atom. The van der Waals surface area contributed by atoms with Gasteiger partial charge in [-0.3, -0.25) is 9.20 Å². The van der Waals surface area contributed by atoms with E-state index in [-0.39, 0.29) is 46.7 Å². The minimum absolute atomic E-state index is 0.0237. The molecule has 1 aliphatic rings. The van der Waals surface area contributed by atoms with Crippen LogP contribution in [0.3, 0.4) is 0 Å². The molecule has 182 valence electrons. The molecule has 0 aliphatic carbocycles. The van der Waals surface area contributed by atoms with Crippen molar-refractivity contribution in [3.8, 4) is 6.07 Å². The number of pyridine rings is 2. The number of piperidine rings is 1. The van der Waals surface area contributed by atoms with E-state index < -0.39 is 36.3 Å². The van der Waals surface area contributed by atoms with Crippen molar-refractivity contribution in [2.45, 2.75) is 38.7 Å². The highest BCUT2D eigenvalue weighted by molar-refractivity contribution is 6.29. The highest BCUT2D eigenvalue weighted by Gasteiger charge is 2.35. The van der Waals surface area contributed by atoms with Crippen LogP contribution in [0.2, 0.25) is 5.15 Å². The third kappa shape index (κ3) is 4.74. The molecule has 1 aliphatic heterocycles. The highest BCUT2D eigenvalue weighted by atomic mass is 35.5. The van der Waals surface area contributed by atoms with Crippen LogP contribution in [0.5, 0.6) is 0 Å². The molecule has 1 saturated heterocycles. The Bertz CT molecular complexity index is 1430. The zero-order valence-electron chi connectivity index (χ0n) is 18.8. The lowest BCUT2D eigenvalue weighted by Gasteiger charge is -2.33. The van der Waals surface area contributed by atoms with Crippen LogP contribution in [-0.2, 0) is 0 Å². The summed E-state index contributed by atoms with van der Waals surface area (Å²) in [5.41, 5.74) is 0.581. The van der Waals surface area contributed by atoms with Gasteiger partial charge < -0.3 is 15.3 Å². The number of carboxylic acid groups (broad SMARTS) is 1. The molecule has 0 spiro atoms. The van der Waals surface area contributed by atoms with Crippen LogP contribution in [-0.4, -0.2) is 44.5 Å². The molecule has 3 aromatic rings. The van der Waals surface area contributed by atoms with Crippen LogP contribution in [0.15, 0.2) is 29.2 Å². The molecule has 1 fully saturated rings. The average molecular weight is 503 g/mol. The number of anilines is 2. The summed E-state index contributed by atoms with van der Waals surface area (Å²) >= 11 is 5.84. The van der Waals surface area contributed by atoms with E-state index in [1.165, 1.54) is 21.4 Å². The van der Waals surface area contributed by atoms with E-state index in [2.05, 4.69) is 15.3 Å². The van der Waals surface area contributed by atoms with E-state index in [1.54, 1.807) is 26.1 Å². The second-order valence-corrected chi connectivity index (χ2v) is 8.83. The van der Waals surface area contributed by atoms with Crippen molar-refractivity contribution in [3.05, 3.63) is 62.3 Å². The number of aryl methyl sites for hydroxylation is 1. The number of nitrogens with zero attached hydrogens (tertiary/aromatic N) is 5. The van der Waals surface area contributed by atoms with E-state index in [4.69, 9.17) is 11.6 Å². The molecule has 35 heavy (non-hydrogen) atoms. The fraction of sp³-hybridized carbons (Fsp3) is 0.348. The molecule has 3 aromatic heterocycles. The number of carbonyl (C=O) groups is 1. The van der Waals surface area contributed by atoms with Gasteiger partial charge in [0.15, 0.2) is 17.1 Å². The Morgan fingerprint density at radius 2 is 2.00 bits per heavy atom. The minimum atomic E-state index is -2.80. The van der Waals surface area contributed by atoms with Gasteiger partial charge in [-0.05, 0) is 37.6 Å². The number of nitrogens with one attached hydrogen (secondary N) is 1. The second-order valence-electron chi connectivity index (χ2n) is 8.44. The van der Waals surface area contributed by atoms with Gasteiger partial charge in [0.2, 0.25) is 0 Å². The normalized spacial score (nSPS) is 16.1. The first-order valence-electron chi connectivity index (χ1n) is 10.8. The Kier molecular flexibility index (Phi) is 6.34. The van der Waals surface area contributed by atoms with E-state index in [0.717, 1.165) is 0 Å². The van der Waals surface area contributed by atoms with Crippen molar-refractivity contribution in [1.29, 1.82) is 5.26 Å². The Hall–Kier alpha value is -3.78. The SMILES string of the molecule is Cc1cc([C@@H](C)Nc2ccc(Cl)nc2C(=O)O)c2nc(N3CCC(F)(F)CC3)c(C#N)c(=O)n2c1. The summed E-state index contributed by atoms with van der Waals surface area (Å²) in [6, 6.07) is 6.04. The average Bonchev–Trinajstić information content (AvgIpc) is 2.80. The standard InChI is InChI=1S/C23H21ClF2N6O3/c1-12-9-14(13(2)28-16-3-4-17(24)29-18(16)22(34)35)20-30-19(15(10-27)21(33)32(20)11-12)31-7-5-23(25,26)6-8-31/h3-4,9,11,13,28H,5-8H2,1-2H3,(H,34,35)/t13-/m1/s1. The lowest BCUT2D eigenvalue weighted by atomic mass is 10.1. The first-order chi connectivity index (χ1) is 16.5. The highest BCUT2D eigenvalue weighted by Crippen LogP contribution is 2.32. The Morgan fingerprint density at radius 1 is 1.31 bits per heavy atom. The number of hydrogen-bond donors (Lipinski definition) is 2. The van der Waals surface area contributed by atoms with E-state index in [0.29, 0.717) is 11.1 Å². The van der Waals surface area contributed by atoms with Crippen LogP contribution in [0.25, 0.3) is 5.65 Å². The van der Waals surface area contributed by atoms with Gasteiger partial charge >= 0.3 is 5.97 Å². The predicted octanol–water partition coefficient (Wildman–Crippen LogP) is 4.03. The molecule has 0 saturated carbocycles. The number of nitriles is 1. The van der Waals surface area contributed by atoms with Gasteiger partial charge in [0.1, 0.15) is 16.9 Å². The van der Waals surface area contributed by atoms with Crippen LogP contribution >= 0.6 is 11.6 Å². The molecule has 0 unspecified atom stereocenters. The van der Waals surface area contributed by atoms with Gasteiger partial charge in [0, 0.05) is 37.7 Å². The molecule has 0 aromatic carbocycles. The predicted molar refractivity (Wildman–Crippen MR) is 126 cm³/mol. The maximum absolute atomic E-state index is 13.7. The number of halogens is 3. The van der Waals surface area contributed by atoms with Crippen molar-refractivity contribution in [1.82, 2.24) is 14.4 Å². The number of rotatable bonds is 5. The molecule has 0 radical (unpaired) electrons. The van der Waals surface area contributed by atoms with Crippen molar-refractivity contribution >= 4 is 34.7 Å². The van der Waals surface area contributed by atoms with Crippen LogP contribution < -0.4 is 15.8 Å². The number of fused-ring (bicyclic) bond motifs is 1. The third-order valence-electron chi connectivity index (χ3n) is 5.88. The lowest BCUT2D eigenvalue weighted by molar-refractivity contribution is -0.0221. The summed E-state index contributed by atoms with van der Waals surface area (Å²) in [7, 11) is 0. The smallest absolute Gasteiger partial charge is 0.356 e. The number of alkyl halides is 2. The molecule has 4 rings (SSSR count). The van der Waals surface area contributed by atoms with Crippen LogP contribution in [0.4, 0.5) is 20.3 Å². The molecule has 4 heterocycles. The molecular weight excluding hydrogens is 482 g/mol.